The van der Waals surface area contributed by atoms with Crippen molar-refractivity contribution in [3.8, 4) is 5.88 Å². The molecule has 100 valence electrons. The molecule has 0 bridgehead atoms. The third-order valence-electron chi connectivity index (χ3n) is 2.82. The van der Waals surface area contributed by atoms with E-state index in [-0.39, 0.29) is 6.04 Å². The molecule has 1 aliphatic rings. The van der Waals surface area contributed by atoms with Gasteiger partial charge in [-0.05, 0) is 23.0 Å². The van der Waals surface area contributed by atoms with Crippen molar-refractivity contribution >= 4 is 21.9 Å². The number of nitrogens with zero attached hydrogens (tertiary/aromatic N) is 3. The van der Waals surface area contributed by atoms with Crippen LogP contribution in [-0.4, -0.2) is 56.5 Å². The SMILES string of the molecule is CNCC1COCCN1c1ncc(Br)c(OC)n1. The summed E-state index contributed by atoms with van der Waals surface area (Å²) in [7, 11) is 3.52. The van der Waals surface area contributed by atoms with E-state index in [9.17, 15) is 0 Å². The van der Waals surface area contributed by atoms with Crippen LogP contribution in [0.25, 0.3) is 0 Å². The van der Waals surface area contributed by atoms with Crippen LogP contribution in [0.3, 0.4) is 0 Å². The van der Waals surface area contributed by atoms with Gasteiger partial charge in [-0.2, -0.15) is 4.98 Å². The Balaban J connectivity index is 2.22. The Morgan fingerprint density at radius 1 is 1.67 bits per heavy atom. The van der Waals surface area contributed by atoms with Crippen molar-refractivity contribution in [1.82, 2.24) is 15.3 Å². The first-order valence-corrected chi connectivity index (χ1v) is 6.61. The van der Waals surface area contributed by atoms with E-state index in [1.54, 1.807) is 13.3 Å². The van der Waals surface area contributed by atoms with Gasteiger partial charge in [0.15, 0.2) is 0 Å². The first kappa shape index (κ1) is 13.5. The van der Waals surface area contributed by atoms with Gasteiger partial charge in [0.05, 0.1) is 37.0 Å². The Kier molecular flexibility index (Phi) is 4.73. The molecule has 0 saturated carbocycles. The normalized spacial score (nSPS) is 19.9. The Labute approximate surface area is 115 Å². The number of morpholine rings is 1. The molecule has 6 nitrogen and oxygen atoms in total. The molecule has 1 aromatic heterocycles. The maximum atomic E-state index is 5.49. The number of likely N-dealkylation sites (N-methyl/N-ethyl adjacent to an activating group) is 1. The Morgan fingerprint density at radius 3 is 3.22 bits per heavy atom. The summed E-state index contributed by atoms with van der Waals surface area (Å²) >= 11 is 3.35. The van der Waals surface area contributed by atoms with Crippen molar-refractivity contribution in [1.29, 1.82) is 0 Å². The van der Waals surface area contributed by atoms with Crippen molar-refractivity contribution in [2.75, 3.05) is 45.4 Å². The summed E-state index contributed by atoms with van der Waals surface area (Å²) < 4.78 is 11.4. The van der Waals surface area contributed by atoms with E-state index in [0.29, 0.717) is 25.0 Å². The fourth-order valence-electron chi connectivity index (χ4n) is 1.95. The molecule has 2 rings (SSSR count). The van der Waals surface area contributed by atoms with Gasteiger partial charge in [-0.3, -0.25) is 0 Å². The fourth-order valence-corrected chi connectivity index (χ4v) is 2.30. The van der Waals surface area contributed by atoms with Crippen LogP contribution in [0.15, 0.2) is 10.7 Å². The molecule has 7 heteroatoms. The molecule has 2 heterocycles. The maximum Gasteiger partial charge on any atom is 0.232 e. The van der Waals surface area contributed by atoms with Gasteiger partial charge in [-0.15, -0.1) is 0 Å². The number of anilines is 1. The van der Waals surface area contributed by atoms with Gasteiger partial charge >= 0.3 is 0 Å². The van der Waals surface area contributed by atoms with Gasteiger partial charge in [0.2, 0.25) is 11.8 Å². The van der Waals surface area contributed by atoms with Crippen LogP contribution >= 0.6 is 15.9 Å². The summed E-state index contributed by atoms with van der Waals surface area (Å²) in [4.78, 5) is 10.9. The summed E-state index contributed by atoms with van der Waals surface area (Å²) in [6.07, 6.45) is 1.72. The Morgan fingerprint density at radius 2 is 2.50 bits per heavy atom. The van der Waals surface area contributed by atoms with Gasteiger partial charge in [0.25, 0.3) is 0 Å². The summed E-state index contributed by atoms with van der Waals surface area (Å²) in [6.45, 7) is 3.00. The van der Waals surface area contributed by atoms with Crippen LogP contribution in [0.4, 0.5) is 5.95 Å². The number of hydrogen-bond acceptors (Lipinski definition) is 6. The highest BCUT2D eigenvalue weighted by Gasteiger charge is 2.25. The summed E-state index contributed by atoms with van der Waals surface area (Å²) in [5, 5.41) is 3.16. The molecule has 1 fully saturated rings. The largest absolute Gasteiger partial charge is 0.480 e. The molecule has 0 aromatic carbocycles. The van der Waals surface area contributed by atoms with E-state index in [2.05, 4.69) is 36.1 Å². The monoisotopic (exact) mass is 316 g/mol. The van der Waals surface area contributed by atoms with Crippen LogP contribution in [0.2, 0.25) is 0 Å². The number of methoxy groups -OCH3 is 1. The molecule has 0 spiro atoms. The third-order valence-corrected chi connectivity index (χ3v) is 3.36. The highest BCUT2D eigenvalue weighted by atomic mass is 79.9. The molecule has 1 aromatic rings. The molecule has 1 N–H and O–H groups in total. The average Bonchev–Trinajstić information content (AvgIpc) is 2.40. The van der Waals surface area contributed by atoms with Crippen LogP contribution in [-0.2, 0) is 4.74 Å². The molecule has 1 atom stereocenters. The number of rotatable bonds is 4. The molecule has 1 unspecified atom stereocenters. The number of aromatic nitrogens is 2. The van der Waals surface area contributed by atoms with E-state index in [0.717, 1.165) is 17.6 Å². The lowest BCUT2D eigenvalue weighted by molar-refractivity contribution is 0.0934. The maximum absolute atomic E-state index is 5.49. The van der Waals surface area contributed by atoms with E-state index < -0.39 is 0 Å². The fraction of sp³-hybridized carbons (Fsp3) is 0.636. The summed E-state index contributed by atoms with van der Waals surface area (Å²) in [5.41, 5.74) is 0. The van der Waals surface area contributed by atoms with Gasteiger partial charge in [-0.25, -0.2) is 4.98 Å². The van der Waals surface area contributed by atoms with Crippen LogP contribution < -0.4 is 15.0 Å². The van der Waals surface area contributed by atoms with Crippen molar-refractivity contribution in [3.05, 3.63) is 10.7 Å². The van der Waals surface area contributed by atoms with Gasteiger partial charge in [-0.1, -0.05) is 0 Å². The first-order valence-electron chi connectivity index (χ1n) is 5.81. The van der Waals surface area contributed by atoms with E-state index in [1.165, 1.54) is 0 Å². The topological polar surface area (TPSA) is 59.5 Å². The number of nitrogens with one attached hydrogen (secondary N) is 1. The summed E-state index contributed by atoms with van der Waals surface area (Å²) in [5.74, 6) is 1.23. The number of hydrogen-bond donors (Lipinski definition) is 1. The number of halogens is 1. The lowest BCUT2D eigenvalue weighted by atomic mass is 10.2. The smallest absolute Gasteiger partial charge is 0.232 e. The van der Waals surface area contributed by atoms with Gasteiger partial charge in [0, 0.05) is 13.1 Å². The zero-order valence-electron chi connectivity index (χ0n) is 10.5. The third kappa shape index (κ3) is 2.90. The Hall–Kier alpha value is -0.920. The lowest BCUT2D eigenvalue weighted by Gasteiger charge is -2.35. The van der Waals surface area contributed by atoms with Crippen molar-refractivity contribution in [2.45, 2.75) is 6.04 Å². The number of ether oxygens (including phenoxy) is 2. The van der Waals surface area contributed by atoms with Crippen molar-refractivity contribution < 1.29 is 9.47 Å². The van der Waals surface area contributed by atoms with E-state index >= 15 is 0 Å². The molecule has 1 saturated heterocycles. The zero-order valence-corrected chi connectivity index (χ0v) is 12.1. The molecule has 0 aliphatic carbocycles. The second kappa shape index (κ2) is 6.31. The molecular formula is C11H17BrN4O2. The van der Waals surface area contributed by atoms with Crippen LogP contribution in [0.1, 0.15) is 0 Å². The minimum atomic E-state index is 0.245. The first-order chi connectivity index (χ1) is 8.76. The quantitative estimate of drug-likeness (QED) is 0.881. The predicted octanol–water partition coefficient (Wildman–Crippen LogP) is 0.672. The minimum Gasteiger partial charge on any atom is -0.480 e. The zero-order chi connectivity index (χ0) is 13.0. The minimum absolute atomic E-state index is 0.245. The van der Waals surface area contributed by atoms with E-state index in [1.807, 2.05) is 7.05 Å². The molecule has 0 amide bonds. The predicted molar refractivity (Wildman–Crippen MR) is 72.2 cm³/mol. The Bertz CT molecular complexity index is 403. The summed E-state index contributed by atoms with van der Waals surface area (Å²) in [6, 6.07) is 0.245. The lowest BCUT2D eigenvalue weighted by Crippen LogP contribution is -2.50. The molecule has 18 heavy (non-hydrogen) atoms. The van der Waals surface area contributed by atoms with Gasteiger partial charge < -0.3 is 19.7 Å². The van der Waals surface area contributed by atoms with Crippen LogP contribution in [0, 0.1) is 0 Å². The van der Waals surface area contributed by atoms with Crippen molar-refractivity contribution in [3.63, 3.8) is 0 Å². The van der Waals surface area contributed by atoms with E-state index in [4.69, 9.17) is 9.47 Å². The highest BCUT2D eigenvalue weighted by molar-refractivity contribution is 9.10. The average molecular weight is 317 g/mol. The van der Waals surface area contributed by atoms with Crippen molar-refractivity contribution in [2.24, 2.45) is 0 Å². The molecule has 1 aliphatic heterocycles. The molecular weight excluding hydrogens is 300 g/mol. The molecule has 0 radical (unpaired) electrons. The van der Waals surface area contributed by atoms with Gasteiger partial charge in [0.1, 0.15) is 0 Å². The van der Waals surface area contributed by atoms with Crippen LogP contribution in [0.5, 0.6) is 5.88 Å². The standard InChI is InChI=1S/C11H17BrN4O2/c1-13-5-8-7-18-4-3-16(8)11-14-6-9(12)10(15-11)17-2/h6,8,13H,3-5,7H2,1-2H3. The second-order valence-corrected chi connectivity index (χ2v) is 4.86. The second-order valence-electron chi connectivity index (χ2n) is 4.01. The highest BCUT2D eigenvalue weighted by Crippen LogP contribution is 2.24.